The van der Waals surface area contributed by atoms with Crippen LogP contribution in [0.1, 0.15) is 31.7 Å². The first-order chi connectivity index (χ1) is 8.31. The molecule has 17 heavy (non-hydrogen) atoms. The maximum absolute atomic E-state index is 12.4. The van der Waals surface area contributed by atoms with E-state index < -0.39 is 10.8 Å². The van der Waals surface area contributed by atoms with Gasteiger partial charge in [-0.2, -0.15) is 0 Å². The third-order valence-electron chi connectivity index (χ3n) is 3.41. The highest BCUT2D eigenvalue weighted by molar-refractivity contribution is 7.84. The fraction of sp³-hybridized carbons (Fsp3) is 0.571. The summed E-state index contributed by atoms with van der Waals surface area (Å²) in [6.07, 6.45) is 3.50. The predicted octanol–water partition coefficient (Wildman–Crippen LogP) is 2.47. The Morgan fingerprint density at radius 3 is 2.76 bits per heavy atom. The van der Waals surface area contributed by atoms with Crippen LogP contribution in [0, 0.1) is 0 Å². The van der Waals surface area contributed by atoms with Gasteiger partial charge in [0.15, 0.2) is 0 Å². The largest absolute Gasteiger partial charge is 0.313 e. The minimum atomic E-state index is -0.740. The first-order valence-corrected chi connectivity index (χ1v) is 7.84. The van der Waals surface area contributed by atoms with Gasteiger partial charge in [-0.25, -0.2) is 0 Å². The Kier molecular flexibility index (Phi) is 4.75. The first-order valence-electron chi connectivity index (χ1n) is 6.45. The van der Waals surface area contributed by atoms with Gasteiger partial charge < -0.3 is 5.32 Å². The van der Waals surface area contributed by atoms with Gasteiger partial charge >= 0.3 is 0 Å². The van der Waals surface area contributed by atoms with Crippen LogP contribution in [-0.2, 0) is 16.6 Å². The second-order valence-corrected chi connectivity index (χ2v) is 6.30. The van der Waals surface area contributed by atoms with E-state index in [9.17, 15) is 4.21 Å². The smallest absolute Gasteiger partial charge is 0.0504 e. The Labute approximate surface area is 106 Å². The summed E-state index contributed by atoms with van der Waals surface area (Å²) in [6, 6.07) is 10.6. The minimum Gasteiger partial charge on any atom is -0.313 e. The van der Waals surface area contributed by atoms with Crippen LogP contribution >= 0.6 is 0 Å². The zero-order chi connectivity index (χ0) is 12.1. The van der Waals surface area contributed by atoms with E-state index in [4.69, 9.17) is 0 Å². The summed E-state index contributed by atoms with van der Waals surface area (Å²) in [5.41, 5.74) is 1.19. The van der Waals surface area contributed by atoms with E-state index in [-0.39, 0.29) is 0 Å². The van der Waals surface area contributed by atoms with Gasteiger partial charge in [0.1, 0.15) is 0 Å². The number of hydrogen-bond donors (Lipinski definition) is 1. The van der Waals surface area contributed by atoms with Crippen LogP contribution in [0.4, 0.5) is 0 Å². The van der Waals surface area contributed by atoms with Crippen LogP contribution in [0.2, 0.25) is 0 Å². The standard InChI is InChI=1S/C14H21NOS/c1-2-15-13-9-6-10-14(13)17(16)11-12-7-4-3-5-8-12/h3-5,7-8,13-15H,2,6,9-11H2,1H3. The van der Waals surface area contributed by atoms with Gasteiger partial charge in [0.05, 0.1) is 5.25 Å². The maximum Gasteiger partial charge on any atom is 0.0504 e. The molecule has 1 saturated carbocycles. The molecule has 0 aliphatic heterocycles. The highest BCUT2D eigenvalue weighted by Crippen LogP contribution is 2.25. The highest BCUT2D eigenvalue weighted by Gasteiger charge is 2.30. The summed E-state index contributed by atoms with van der Waals surface area (Å²) < 4.78 is 12.4. The van der Waals surface area contributed by atoms with Crippen LogP contribution in [0.3, 0.4) is 0 Å². The van der Waals surface area contributed by atoms with Crippen LogP contribution in [-0.4, -0.2) is 22.0 Å². The van der Waals surface area contributed by atoms with Crippen molar-refractivity contribution in [3.63, 3.8) is 0 Å². The summed E-state index contributed by atoms with van der Waals surface area (Å²) in [5, 5.41) is 3.81. The predicted molar refractivity (Wildman–Crippen MR) is 73.4 cm³/mol. The Bertz CT molecular complexity index is 366. The van der Waals surface area contributed by atoms with Gasteiger partial charge in [0.2, 0.25) is 0 Å². The molecule has 1 fully saturated rings. The fourth-order valence-electron chi connectivity index (χ4n) is 2.58. The Morgan fingerprint density at radius 2 is 2.06 bits per heavy atom. The maximum atomic E-state index is 12.4. The molecule has 1 N–H and O–H groups in total. The van der Waals surface area contributed by atoms with Crippen molar-refractivity contribution in [2.24, 2.45) is 0 Å². The molecule has 1 aromatic carbocycles. The first kappa shape index (κ1) is 12.8. The fourth-order valence-corrected chi connectivity index (χ4v) is 4.35. The third kappa shape index (κ3) is 3.39. The molecule has 0 amide bonds. The molecular formula is C14H21NOS. The second kappa shape index (κ2) is 6.31. The lowest BCUT2D eigenvalue weighted by Gasteiger charge is -2.19. The van der Waals surface area contributed by atoms with E-state index in [0.29, 0.717) is 17.0 Å². The Hall–Kier alpha value is -0.670. The van der Waals surface area contributed by atoms with Crippen molar-refractivity contribution in [3.05, 3.63) is 35.9 Å². The molecular weight excluding hydrogens is 230 g/mol. The van der Waals surface area contributed by atoms with Crippen molar-refractivity contribution < 1.29 is 4.21 Å². The molecule has 1 aromatic rings. The molecule has 94 valence electrons. The van der Waals surface area contributed by atoms with Gasteiger partial charge in [-0.3, -0.25) is 4.21 Å². The van der Waals surface area contributed by atoms with Crippen LogP contribution in [0.15, 0.2) is 30.3 Å². The van der Waals surface area contributed by atoms with Crippen molar-refractivity contribution in [2.45, 2.75) is 43.2 Å². The lowest BCUT2D eigenvalue weighted by Crippen LogP contribution is -2.38. The quantitative estimate of drug-likeness (QED) is 0.871. The molecule has 0 bridgehead atoms. The molecule has 0 aromatic heterocycles. The van der Waals surface area contributed by atoms with Gasteiger partial charge in [-0.05, 0) is 24.9 Å². The summed E-state index contributed by atoms with van der Waals surface area (Å²) in [6.45, 7) is 3.10. The number of benzene rings is 1. The summed E-state index contributed by atoms with van der Waals surface area (Å²) in [4.78, 5) is 0. The summed E-state index contributed by atoms with van der Waals surface area (Å²) in [5.74, 6) is 0.702. The lowest BCUT2D eigenvalue weighted by atomic mass is 10.2. The molecule has 3 atom stereocenters. The van der Waals surface area contributed by atoms with Crippen LogP contribution in [0.25, 0.3) is 0 Å². The topological polar surface area (TPSA) is 29.1 Å². The average Bonchev–Trinajstić information content (AvgIpc) is 2.79. The third-order valence-corrected chi connectivity index (χ3v) is 5.27. The van der Waals surface area contributed by atoms with E-state index >= 15 is 0 Å². The van der Waals surface area contributed by atoms with Crippen molar-refractivity contribution in [1.82, 2.24) is 5.32 Å². The molecule has 3 heteroatoms. The van der Waals surface area contributed by atoms with E-state index in [2.05, 4.69) is 24.4 Å². The molecule has 0 spiro atoms. The number of hydrogen-bond acceptors (Lipinski definition) is 2. The highest BCUT2D eigenvalue weighted by atomic mass is 32.2. The molecule has 2 rings (SSSR count). The Balaban J connectivity index is 1.95. The number of rotatable bonds is 5. The molecule has 1 aliphatic carbocycles. The van der Waals surface area contributed by atoms with E-state index in [1.54, 1.807) is 0 Å². The van der Waals surface area contributed by atoms with Crippen molar-refractivity contribution in [1.29, 1.82) is 0 Å². The van der Waals surface area contributed by atoms with Crippen molar-refractivity contribution >= 4 is 10.8 Å². The van der Waals surface area contributed by atoms with Gasteiger partial charge in [-0.1, -0.05) is 43.7 Å². The van der Waals surface area contributed by atoms with Crippen molar-refractivity contribution in [2.75, 3.05) is 6.54 Å². The van der Waals surface area contributed by atoms with Crippen LogP contribution < -0.4 is 5.32 Å². The SMILES string of the molecule is CCNC1CCCC1S(=O)Cc1ccccc1. The van der Waals surface area contributed by atoms with Gasteiger partial charge in [0.25, 0.3) is 0 Å². The molecule has 3 unspecified atom stereocenters. The van der Waals surface area contributed by atoms with E-state index in [1.807, 2.05) is 18.2 Å². The van der Waals surface area contributed by atoms with E-state index in [0.717, 1.165) is 13.0 Å². The van der Waals surface area contributed by atoms with Gasteiger partial charge in [0, 0.05) is 22.6 Å². The minimum absolute atomic E-state index is 0.343. The normalized spacial score (nSPS) is 25.9. The van der Waals surface area contributed by atoms with Crippen molar-refractivity contribution in [3.8, 4) is 0 Å². The zero-order valence-corrected chi connectivity index (χ0v) is 11.2. The Morgan fingerprint density at radius 1 is 1.29 bits per heavy atom. The van der Waals surface area contributed by atoms with E-state index in [1.165, 1.54) is 18.4 Å². The molecule has 1 aliphatic rings. The lowest BCUT2D eigenvalue weighted by molar-refractivity contribution is 0.541. The molecule has 2 nitrogen and oxygen atoms in total. The molecule has 0 radical (unpaired) electrons. The molecule has 0 saturated heterocycles. The molecule has 0 heterocycles. The average molecular weight is 251 g/mol. The second-order valence-electron chi connectivity index (χ2n) is 4.64. The van der Waals surface area contributed by atoms with Crippen LogP contribution in [0.5, 0.6) is 0 Å². The van der Waals surface area contributed by atoms with Gasteiger partial charge in [-0.15, -0.1) is 0 Å². The summed E-state index contributed by atoms with van der Waals surface area (Å²) in [7, 11) is -0.740. The number of nitrogens with one attached hydrogen (secondary N) is 1. The zero-order valence-electron chi connectivity index (χ0n) is 10.4. The monoisotopic (exact) mass is 251 g/mol. The summed E-state index contributed by atoms with van der Waals surface area (Å²) >= 11 is 0.